The van der Waals surface area contributed by atoms with Gasteiger partial charge < -0.3 is 10.6 Å². The molecule has 100 valence electrons. The molecule has 1 aliphatic rings. The van der Waals surface area contributed by atoms with Gasteiger partial charge in [0.25, 0.3) is 0 Å². The Labute approximate surface area is 114 Å². The SMILES string of the molecule is Cc1cccc(C2CCCN2C(=O)C(C)N)n1.Cl. The monoisotopic (exact) mass is 269 g/mol. The highest BCUT2D eigenvalue weighted by Crippen LogP contribution is 2.31. The number of amides is 1. The van der Waals surface area contributed by atoms with E-state index >= 15 is 0 Å². The Morgan fingerprint density at radius 2 is 2.28 bits per heavy atom. The van der Waals surface area contributed by atoms with Crippen molar-refractivity contribution >= 4 is 18.3 Å². The van der Waals surface area contributed by atoms with Crippen LogP contribution >= 0.6 is 12.4 Å². The lowest BCUT2D eigenvalue weighted by molar-refractivity contribution is -0.133. The largest absolute Gasteiger partial charge is 0.333 e. The fourth-order valence-electron chi connectivity index (χ4n) is 2.35. The van der Waals surface area contributed by atoms with Crippen LogP contribution in [0.4, 0.5) is 0 Å². The minimum atomic E-state index is -0.430. The van der Waals surface area contributed by atoms with E-state index in [9.17, 15) is 4.79 Å². The van der Waals surface area contributed by atoms with Gasteiger partial charge in [-0.3, -0.25) is 9.78 Å². The molecule has 1 aliphatic heterocycles. The topological polar surface area (TPSA) is 59.2 Å². The summed E-state index contributed by atoms with van der Waals surface area (Å²) in [7, 11) is 0. The molecule has 2 rings (SSSR count). The van der Waals surface area contributed by atoms with Crippen LogP contribution in [-0.4, -0.2) is 28.4 Å². The van der Waals surface area contributed by atoms with Crippen LogP contribution < -0.4 is 5.73 Å². The van der Waals surface area contributed by atoms with E-state index in [1.165, 1.54) is 0 Å². The zero-order valence-corrected chi connectivity index (χ0v) is 11.6. The number of hydrogen-bond donors (Lipinski definition) is 1. The first kappa shape index (κ1) is 14.9. The van der Waals surface area contributed by atoms with E-state index in [0.717, 1.165) is 30.8 Å². The van der Waals surface area contributed by atoms with Crippen molar-refractivity contribution in [3.8, 4) is 0 Å². The number of aromatic nitrogens is 1. The van der Waals surface area contributed by atoms with E-state index in [2.05, 4.69) is 4.98 Å². The molecular formula is C13H20ClN3O. The number of carbonyl (C=O) groups is 1. The first-order chi connectivity index (χ1) is 8.09. The van der Waals surface area contributed by atoms with Crippen molar-refractivity contribution in [2.24, 2.45) is 5.73 Å². The van der Waals surface area contributed by atoms with E-state index in [4.69, 9.17) is 5.73 Å². The van der Waals surface area contributed by atoms with Crippen LogP contribution in [0.5, 0.6) is 0 Å². The molecule has 1 fully saturated rings. The maximum Gasteiger partial charge on any atom is 0.239 e. The van der Waals surface area contributed by atoms with Crippen LogP contribution in [0.1, 0.15) is 37.2 Å². The Balaban J connectivity index is 0.00000162. The standard InChI is InChI=1S/C13H19N3O.ClH/c1-9-5-3-6-11(15-9)12-7-4-8-16(12)13(17)10(2)14;/h3,5-6,10,12H,4,7-8,14H2,1-2H3;1H. The van der Waals surface area contributed by atoms with Gasteiger partial charge in [-0.15, -0.1) is 12.4 Å². The number of aryl methyl sites for hydroxylation is 1. The summed E-state index contributed by atoms with van der Waals surface area (Å²) in [4.78, 5) is 18.4. The van der Waals surface area contributed by atoms with Gasteiger partial charge in [0.1, 0.15) is 0 Å². The Kier molecular flexibility index (Phi) is 5.11. The lowest BCUT2D eigenvalue weighted by atomic mass is 10.1. The third-order valence-electron chi connectivity index (χ3n) is 3.18. The molecular weight excluding hydrogens is 250 g/mol. The molecule has 1 amide bonds. The summed E-state index contributed by atoms with van der Waals surface area (Å²) in [5, 5.41) is 0. The minimum absolute atomic E-state index is 0. The van der Waals surface area contributed by atoms with Crippen LogP contribution in [0.3, 0.4) is 0 Å². The summed E-state index contributed by atoms with van der Waals surface area (Å²) in [6, 6.07) is 5.62. The minimum Gasteiger partial charge on any atom is -0.333 e. The van der Waals surface area contributed by atoms with Crippen molar-refractivity contribution in [3.63, 3.8) is 0 Å². The van der Waals surface area contributed by atoms with Crippen molar-refractivity contribution in [1.29, 1.82) is 0 Å². The van der Waals surface area contributed by atoms with Crippen molar-refractivity contribution in [2.45, 2.75) is 38.8 Å². The Hall–Kier alpha value is -1.13. The fraction of sp³-hybridized carbons (Fsp3) is 0.538. The lowest BCUT2D eigenvalue weighted by Crippen LogP contribution is -2.41. The highest BCUT2D eigenvalue weighted by molar-refractivity contribution is 5.85. The van der Waals surface area contributed by atoms with Crippen LogP contribution in [0, 0.1) is 6.92 Å². The molecule has 0 aliphatic carbocycles. The molecule has 18 heavy (non-hydrogen) atoms. The quantitative estimate of drug-likeness (QED) is 0.891. The number of halogens is 1. The second-order valence-electron chi connectivity index (χ2n) is 4.68. The summed E-state index contributed by atoms with van der Waals surface area (Å²) < 4.78 is 0. The molecule has 0 saturated carbocycles. The average Bonchev–Trinajstić information content (AvgIpc) is 2.76. The highest BCUT2D eigenvalue weighted by Gasteiger charge is 2.31. The highest BCUT2D eigenvalue weighted by atomic mass is 35.5. The van der Waals surface area contributed by atoms with Gasteiger partial charge in [0.15, 0.2) is 0 Å². The van der Waals surface area contributed by atoms with Crippen LogP contribution in [-0.2, 0) is 4.79 Å². The molecule has 0 spiro atoms. The van der Waals surface area contributed by atoms with E-state index in [0.29, 0.717) is 0 Å². The molecule has 2 atom stereocenters. The number of carbonyl (C=O) groups excluding carboxylic acids is 1. The van der Waals surface area contributed by atoms with Crippen molar-refractivity contribution in [1.82, 2.24) is 9.88 Å². The number of likely N-dealkylation sites (tertiary alicyclic amines) is 1. The molecule has 5 heteroatoms. The molecule has 2 heterocycles. The summed E-state index contributed by atoms with van der Waals surface area (Å²) in [6.45, 7) is 4.50. The summed E-state index contributed by atoms with van der Waals surface area (Å²) in [5.74, 6) is 0.0239. The number of hydrogen-bond acceptors (Lipinski definition) is 3. The number of nitrogens with zero attached hydrogens (tertiary/aromatic N) is 2. The molecule has 1 aromatic heterocycles. The van der Waals surface area contributed by atoms with Crippen LogP contribution in [0.15, 0.2) is 18.2 Å². The van der Waals surface area contributed by atoms with E-state index in [-0.39, 0.29) is 24.4 Å². The molecule has 0 radical (unpaired) electrons. The second kappa shape index (κ2) is 6.16. The van der Waals surface area contributed by atoms with Crippen molar-refractivity contribution in [3.05, 3.63) is 29.6 Å². The van der Waals surface area contributed by atoms with Crippen molar-refractivity contribution in [2.75, 3.05) is 6.54 Å². The number of rotatable bonds is 2. The Morgan fingerprint density at radius 1 is 1.56 bits per heavy atom. The lowest BCUT2D eigenvalue weighted by Gasteiger charge is -2.26. The fourth-order valence-corrected chi connectivity index (χ4v) is 2.35. The molecule has 0 aromatic carbocycles. The average molecular weight is 270 g/mol. The third kappa shape index (κ3) is 3.00. The molecule has 1 aromatic rings. The van der Waals surface area contributed by atoms with Gasteiger partial charge in [-0.2, -0.15) is 0 Å². The predicted octanol–water partition coefficient (Wildman–Crippen LogP) is 1.82. The molecule has 2 unspecified atom stereocenters. The molecule has 4 nitrogen and oxygen atoms in total. The third-order valence-corrected chi connectivity index (χ3v) is 3.18. The maximum absolute atomic E-state index is 12.0. The smallest absolute Gasteiger partial charge is 0.239 e. The van der Waals surface area contributed by atoms with Gasteiger partial charge >= 0.3 is 0 Å². The normalized spacial score (nSPS) is 20.4. The molecule has 2 N–H and O–H groups in total. The summed E-state index contributed by atoms with van der Waals surface area (Å²) in [5.41, 5.74) is 7.65. The zero-order valence-electron chi connectivity index (χ0n) is 10.8. The zero-order chi connectivity index (χ0) is 12.4. The predicted molar refractivity (Wildman–Crippen MR) is 73.6 cm³/mol. The summed E-state index contributed by atoms with van der Waals surface area (Å²) in [6.07, 6.45) is 2.01. The van der Waals surface area contributed by atoms with Gasteiger partial charge in [-0.1, -0.05) is 6.07 Å². The van der Waals surface area contributed by atoms with Gasteiger partial charge in [0.05, 0.1) is 17.8 Å². The number of nitrogens with two attached hydrogens (primary N) is 1. The molecule has 1 saturated heterocycles. The van der Waals surface area contributed by atoms with Crippen molar-refractivity contribution < 1.29 is 4.79 Å². The second-order valence-corrected chi connectivity index (χ2v) is 4.68. The first-order valence-electron chi connectivity index (χ1n) is 6.09. The van der Waals surface area contributed by atoms with Gasteiger partial charge in [0, 0.05) is 12.2 Å². The maximum atomic E-state index is 12.0. The van der Waals surface area contributed by atoms with Crippen LogP contribution in [0.25, 0.3) is 0 Å². The van der Waals surface area contributed by atoms with E-state index in [1.54, 1.807) is 6.92 Å². The Morgan fingerprint density at radius 3 is 2.89 bits per heavy atom. The first-order valence-corrected chi connectivity index (χ1v) is 6.09. The molecule has 0 bridgehead atoms. The van der Waals surface area contributed by atoms with Gasteiger partial charge in [-0.25, -0.2) is 0 Å². The number of pyridine rings is 1. The van der Waals surface area contributed by atoms with E-state index < -0.39 is 6.04 Å². The van der Waals surface area contributed by atoms with Crippen LogP contribution in [0.2, 0.25) is 0 Å². The van der Waals surface area contributed by atoms with Gasteiger partial charge in [0.2, 0.25) is 5.91 Å². The van der Waals surface area contributed by atoms with E-state index in [1.807, 2.05) is 30.0 Å². The van der Waals surface area contributed by atoms with Gasteiger partial charge in [-0.05, 0) is 38.8 Å². The summed E-state index contributed by atoms with van der Waals surface area (Å²) >= 11 is 0. The Bertz CT molecular complexity index is 422.